The van der Waals surface area contributed by atoms with Crippen LogP contribution >= 0.6 is 0 Å². The maximum atomic E-state index is 8.84. The van der Waals surface area contributed by atoms with Crippen molar-refractivity contribution >= 4 is 5.95 Å². The summed E-state index contributed by atoms with van der Waals surface area (Å²) in [6, 6.07) is 3.71. The standard InChI is InChI=1S/C11H16N6/c1-9-7-10(8-12)14-11(13-9)15-17-5-3-16(2)4-6-17/h7H,3-6H2,1-2H3,(H,13,14,15). The number of nitrogens with zero attached hydrogens (tertiary/aromatic N) is 5. The number of piperazine rings is 1. The number of likely N-dealkylation sites (N-methyl/N-ethyl adjacent to an activating group) is 1. The van der Waals surface area contributed by atoms with E-state index in [1.165, 1.54) is 0 Å². The predicted molar refractivity (Wildman–Crippen MR) is 64.2 cm³/mol. The van der Waals surface area contributed by atoms with Crippen LogP contribution in [0.3, 0.4) is 0 Å². The van der Waals surface area contributed by atoms with Crippen molar-refractivity contribution in [2.24, 2.45) is 0 Å². The van der Waals surface area contributed by atoms with Gasteiger partial charge >= 0.3 is 0 Å². The molecule has 0 unspecified atom stereocenters. The van der Waals surface area contributed by atoms with E-state index < -0.39 is 0 Å². The summed E-state index contributed by atoms with van der Waals surface area (Å²) in [5.41, 5.74) is 4.35. The molecule has 0 bridgehead atoms. The molecule has 2 heterocycles. The van der Waals surface area contributed by atoms with Crippen molar-refractivity contribution < 1.29 is 0 Å². The van der Waals surface area contributed by atoms with Crippen LogP contribution in [0.5, 0.6) is 0 Å². The molecule has 0 radical (unpaired) electrons. The van der Waals surface area contributed by atoms with Crippen LogP contribution < -0.4 is 5.43 Å². The second kappa shape index (κ2) is 5.08. The Morgan fingerprint density at radius 3 is 2.65 bits per heavy atom. The molecule has 0 aliphatic carbocycles. The van der Waals surface area contributed by atoms with Crippen molar-refractivity contribution in [3.05, 3.63) is 17.5 Å². The first kappa shape index (κ1) is 11.8. The molecule has 0 spiro atoms. The highest BCUT2D eigenvalue weighted by molar-refractivity contribution is 5.32. The van der Waals surface area contributed by atoms with E-state index in [1.807, 2.05) is 13.0 Å². The van der Waals surface area contributed by atoms with Crippen molar-refractivity contribution in [3.8, 4) is 6.07 Å². The third-order valence-corrected chi connectivity index (χ3v) is 2.73. The van der Waals surface area contributed by atoms with Crippen LogP contribution in [0.4, 0.5) is 5.95 Å². The average molecular weight is 232 g/mol. The normalized spacial score (nSPS) is 17.7. The fourth-order valence-electron chi connectivity index (χ4n) is 1.74. The Bertz CT molecular complexity index is 430. The summed E-state index contributed by atoms with van der Waals surface area (Å²) in [7, 11) is 2.11. The lowest BCUT2D eigenvalue weighted by atomic mass is 10.3. The lowest BCUT2D eigenvalue weighted by Crippen LogP contribution is -2.47. The van der Waals surface area contributed by atoms with E-state index in [2.05, 4.69) is 32.4 Å². The monoisotopic (exact) mass is 232 g/mol. The minimum absolute atomic E-state index is 0.397. The molecule has 0 amide bonds. The maximum Gasteiger partial charge on any atom is 0.239 e. The number of hydrogen-bond donors (Lipinski definition) is 1. The van der Waals surface area contributed by atoms with E-state index in [0.717, 1.165) is 31.9 Å². The molecule has 1 aromatic rings. The number of nitriles is 1. The van der Waals surface area contributed by atoms with Gasteiger partial charge in [-0.05, 0) is 20.0 Å². The van der Waals surface area contributed by atoms with Crippen LogP contribution in [-0.4, -0.2) is 53.1 Å². The summed E-state index contributed by atoms with van der Waals surface area (Å²) in [6.45, 7) is 5.75. The summed E-state index contributed by atoms with van der Waals surface area (Å²) in [5.74, 6) is 0.506. The van der Waals surface area contributed by atoms with Crippen molar-refractivity contribution in [1.82, 2.24) is 19.9 Å². The van der Waals surface area contributed by atoms with E-state index in [0.29, 0.717) is 11.6 Å². The largest absolute Gasteiger partial charge is 0.304 e. The Morgan fingerprint density at radius 1 is 1.29 bits per heavy atom. The molecular formula is C11H16N6. The molecule has 6 nitrogen and oxygen atoms in total. The summed E-state index contributed by atoms with van der Waals surface area (Å²) < 4.78 is 0. The van der Waals surface area contributed by atoms with Gasteiger partial charge < -0.3 is 4.90 Å². The quantitative estimate of drug-likeness (QED) is 0.787. The average Bonchev–Trinajstić information content (AvgIpc) is 2.31. The highest BCUT2D eigenvalue weighted by atomic mass is 15.6. The maximum absolute atomic E-state index is 8.84. The molecule has 1 aliphatic heterocycles. The third kappa shape index (κ3) is 3.12. The summed E-state index contributed by atoms with van der Waals surface area (Å²) in [6.07, 6.45) is 0. The van der Waals surface area contributed by atoms with Crippen LogP contribution in [0, 0.1) is 18.3 Å². The third-order valence-electron chi connectivity index (χ3n) is 2.73. The second-order valence-corrected chi connectivity index (χ2v) is 4.23. The molecule has 6 heteroatoms. The summed E-state index contributed by atoms with van der Waals surface area (Å²) >= 11 is 0. The Balaban J connectivity index is 2.03. The summed E-state index contributed by atoms with van der Waals surface area (Å²) in [4.78, 5) is 10.7. The molecule has 2 rings (SSSR count). The van der Waals surface area contributed by atoms with Gasteiger partial charge in [0, 0.05) is 31.9 Å². The molecule has 17 heavy (non-hydrogen) atoms. The summed E-state index contributed by atoms with van der Waals surface area (Å²) in [5, 5.41) is 10.9. The molecule has 0 saturated carbocycles. The molecule has 1 aromatic heterocycles. The predicted octanol–water partition coefficient (Wildman–Crippen LogP) is 0.231. The van der Waals surface area contributed by atoms with E-state index in [1.54, 1.807) is 6.07 Å². The molecule has 1 saturated heterocycles. The number of hydrogen-bond acceptors (Lipinski definition) is 6. The van der Waals surface area contributed by atoms with Crippen LogP contribution in [0.25, 0.3) is 0 Å². The molecule has 0 aromatic carbocycles. The van der Waals surface area contributed by atoms with E-state index in [9.17, 15) is 0 Å². The second-order valence-electron chi connectivity index (χ2n) is 4.23. The minimum Gasteiger partial charge on any atom is -0.304 e. The Labute approximate surface area is 101 Å². The number of nitrogens with one attached hydrogen (secondary N) is 1. The van der Waals surface area contributed by atoms with Crippen molar-refractivity contribution in [2.75, 3.05) is 38.7 Å². The molecule has 0 atom stereocenters. The van der Waals surface area contributed by atoms with Gasteiger partial charge in [0.1, 0.15) is 11.8 Å². The van der Waals surface area contributed by atoms with Gasteiger partial charge in [0.05, 0.1) is 0 Å². The fourth-order valence-corrected chi connectivity index (χ4v) is 1.74. The van der Waals surface area contributed by atoms with E-state index in [-0.39, 0.29) is 0 Å². The van der Waals surface area contributed by atoms with Gasteiger partial charge in [0.2, 0.25) is 5.95 Å². The minimum atomic E-state index is 0.397. The molecule has 1 aliphatic rings. The number of aryl methyl sites for hydroxylation is 1. The van der Waals surface area contributed by atoms with E-state index >= 15 is 0 Å². The van der Waals surface area contributed by atoms with Gasteiger partial charge in [-0.15, -0.1) is 0 Å². The topological polar surface area (TPSA) is 68.1 Å². The van der Waals surface area contributed by atoms with Crippen LogP contribution in [-0.2, 0) is 0 Å². The van der Waals surface area contributed by atoms with Crippen molar-refractivity contribution in [3.63, 3.8) is 0 Å². The zero-order valence-corrected chi connectivity index (χ0v) is 10.1. The van der Waals surface area contributed by atoms with Gasteiger partial charge in [-0.2, -0.15) is 5.26 Å². The number of aromatic nitrogens is 2. The molecule has 1 fully saturated rings. The first-order chi connectivity index (χ1) is 8.17. The van der Waals surface area contributed by atoms with Gasteiger partial charge in [-0.1, -0.05) is 0 Å². The van der Waals surface area contributed by atoms with Crippen LogP contribution in [0.15, 0.2) is 6.07 Å². The highest BCUT2D eigenvalue weighted by Crippen LogP contribution is 2.06. The first-order valence-electron chi connectivity index (χ1n) is 5.63. The van der Waals surface area contributed by atoms with Gasteiger partial charge in [-0.3, -0.25) is 5.43 Å². The Hall–Kier alpha value is -1.71. The number of rotatable bonds is 2. The lowest BCUT2D eigenvalue weighted by molar-refractivity contribution is 0.178. The smallest absolute Gasteiger partial charge is 0.239 e. The molecule has 90 valence electrons. The van der Waals surface area contributed by atoms with Gasteiger partial charge in [-0.25, -0.2) is 15.0 Å². The van der Waals surface area contributed by atoms with Gasteiger partial charge in [0.15, 0.2) is 0 Å². The van der Waals surface area contributed by atoms with Crippen molar-refractivity contribution in [1.29, 1.82) is 5.26 Å². The Morgan fingerprint density at radius 2 is 2.00 bits per heavy atom. The number of anilines is 1. The highest BCUT2D eigenvalue weighted by Gasteiger charge is 2.14. The Kier molecular flexibility index (Phi) is 3.52. The van der Waals surface area contributed by atoms with Crippen molar-refractivity contribution in [2.45, 2.75) is 6.92 Å². The molecule has 1 N–H and O–H groups in total. The SMILES string of the molecule is Cc1cc(C#N)nc(NN2CCN(C)CC2)n1. The molecular weight excluding hydrogens is 216 g/mol. The zero-order chi connectivity index (χ0) is 12.3. The zero-order valence-electron chi connectivity index (χ0n) is 10.1. The fraction of sp³-hybridized carbons (Fsp3) is 0.545. The first-order valence-corrected chi connectivity index (χ1v) is 5.63. The lowest BCUT2D eigenvalue weighted by Gasteiger charge is -2.32. The van der Waals surface area contributed by atoms with Gasteiger partial charge in [0.25, 0.3) is 0 Å². The number of hydrazine groups is 1. The van der Waals surface area contributed by atoms with E-state index in [4.69, 9.17) is 5.26 Å². The van der Waals surface area contributed by atoms with Crippen LogP contribution in [0.2, 0.25) is 0 Å². The van der Waals surface area contributed by atoms with Crippen LogP contribution in [0.1, 0.15) is 11.4 Å².